The number of hydrogen-bond donors (Lipinski definition) is 4. The lowest BCUT2D eigenvalue weighted by Gasteiger charge is -2.25. The number of hydrogen-bond acceptors (Lipinski definition) is 6. The molecule has 1 aromatic carbocycles. The van der Waals surface area contributed by atoms with Crippen molar-refractivity contribution in [2.24, 2.45) is 29.6 Å². The number of ketones is 2. The normalized spacial score (nSPS) is 17.1. The van der Waals surface area contributed by atoms with Gasteiger partial charge in [0, 0.05) is 30.7 Å². The lowest BCUT2D eigenvalue weighted by molar-refractivity contribution is -0.129. The summed E-state index contributed by atoms with van der Waals surface area (Å²) >= 11 is 0. The van der Waals surface area contributed by atoms with Crippen molar-refractivity contribution in [2.75, 3.05) is 0 Å². The predicted molar refractivity (Wildman–Crippen MR) is 135 cm³/mol. The molecule has 0 aromatic heterocycles. The highest BCUT2D eigenvalue weighted by molar-refractivity contribution is 5.82. The van der Waals surface area contributed by atoms with E-state index in [0.717, 1.165) is 19.3 Å². The van der Waals surface area contributed by atoms with E-state index in [1.54, 1.807) is 0 Å². The summed E-state index contributed by atoms with van der Waals surface area (Å²) in [6.45, 7) is 12.1. The summed E-state index contributed by atoms with van der Waals surface area (Å²) in [6.07, 6.45) is 2.14. The maximum absolute atomic E-state index is 13.0. The van der Waals surface area contributed by atoms with Crippen LogP contribution in [0.25, 0.3) is 0 Å². The summed E-state index contributed by atoms with van der Waals surface area (Å²) < 4.78 is 0. The molecule has 0 bridgehead atoms. The Morgan fingerprint density at radius 2 is 1.38 bits per heavy atom. The van der Waals surface area contributed by atoms with Gasteiger partial charge in [-0.2, -0.15) is 0 Å². The van der Waals surface area contributed by atoms with Gasteiger partial charge in [0.15, 0.2) is 0 Å². The van der Waals surface area contributed by atoms with Crippen LogP contribution in [-0.4, -0.2) is 38.1 Å². The first-order chi connectivity index (χ1) is 15.8. The Bertz CT molecular complexity index is 754. The van der Waals surface area contributed by atoms with Crippen LogP contribution in [-0.2, 0) is 9.59 Å². The molecular formula is C28H46O6. The summed E-state index contributed by atoms with van der Waals surface area (Å²) in [5.41, 5.74) is 0.282. The Morgan fingerprint density at radius 3 is 1.91 bits per heavy atom. The van der Waals surface area contributed by atoms with Gasteiger partial charge in [0.25, 0.3) is 0 Å². The van der Waals surface area contributed by atoms with Crippen LogP contribution in [0.1, 0.15) is 98.2 Å². The van der Waals surface area contributed by atoms with Crippen LogP contribution >= 0.6 is 0 Å². The molecule has 1 aromatic rings. The third-order valence-electron chi connectivity index (χ3n) is 6.67. The summed E-state index contributed by atoms with van der Waals surface area (Å²) in [6, 6.07) is 3.86. The topological polar surface area (TPSA) is 115 Å². The van der Waals surface area contributed by atoms with Crippen LogP contribution < -0.4 is 0 Å². The van der Waals surface area contributed by atoms with E-state index < -0.39 is 18.1 Å². The van der Waals surface area contributed by atoms with Gasteiger partial charge in [-0.15, -0.1) is 0 Å². The number of benzene rings is 1. The van der Waals surface area contributed by atoms with Crippen molar-refractivity contribution in [1.29, 1.82) is 0 Å². The zero-order valence-corrected chi connectivity index (χ0v) is 21.8. The second kappa shape index (κ2) is 14.5. The highest BCUT2D eigenvalue weighted by Gasteiger charge is 2.30. The number of carbonyl (C=O) groups excluding carboxylic acids is 2. The van der Waals surface area contributed by atoms with Crippen LogP contribution in [0.15, 0.2) is 18.2 Å². The Kier molecular flexibility index (Phi) is 12.8. The molecule has 0 amide bonds. The van der Waals surface area contributed by atoms with Gasteiger partial charge in [-0.05, 0) is 67.6 Å². The minimum absolute atomic E-state index is 0.0381. The molecule has 0 aliphatic rings. The van der Waals surface area contributed by atoms with Gasteiger partial charge in [-0.25, -0.2) is 0 Å². The van der Waals surface area contributed by atoms with Crippen LogP contribution in [0.5, 0.6) is 11.5 Å². The summed E-state index contributed by atoms with van der Waals surface area (Å²) in [7, 11) is 0. The first-order valence-electron chi connectivity index (χ1n) is 12.8. The van der Waals surface area contributed by atoms with Crippen molar-refractivity contribution in [3.8, 4) is 11.5 Å². The molecule has 4 N–H and O–H groups in total. The number of aliphatic hydroxyl groups excluding tert-OH is 2. The zero-order valence-electron chi connectivity index (χ0n) is 21.8. The third-order valence-corrected chi connectivity index (χ3v) is 6.67. The van der Waals surface area contributed by atoms with E-state index in [1.807, 2.05) is 27.7 Å². The van der Waals surface area contributed by atoms with Crippen molar-refractivity contribution in [3.63, 3.8) is 0 Å². The van der Waals surface area contributed by atoms with E-state index in [1.165, 1.54) is 18.2 Å². The molecule has 0 aliphatic carbocycles. The molecule has 0 spiro atoms. The van der Waals surface area contributed by atoms with E-state index in [9.17, 15) is 30.0 Å². The van der Waals surface area contributed by atoms with Crippen LogP contribution in [0.4, 0.5) is 0 Å². The van der Waals surface area contributed by atoms with Crippen molar-refractivity contribution in [3.05, 3.63) is 23.8 Å². The van der Waals surface area contributed by atoms with Crippen molar-refractivity contribution in [2.45, 2.75) is 98.7 Å². The number of aromatic hydroxyl groups is 2. The average molecular weight is 479 g/mol. The lowest BCUT2D eigenvalue weighted by atomic mass is 9.82. The van der Waals surface area contributed by atoms with Gasteiger partial charge in [-0.3, -0.25) is 9.59 Å². The minimum Gasteiger partial charge on any atom is -0.508 e. The Balaban J connectivity index is 2.65. The van der Waals surface area contributed by atoms with Crippen molar-refractivity contribution >= 4 is 11.6 Å². The van der Waals surface area contributed by atoms with E-state index in [-0.39, 0.29) is 41.1 Å². The van der Waals surface area contributed by atoms with Crippen molar-refractivity contribution in [1.82, 2.24) is 0 Å². The number of phenolic OH excluding ortho intramolecular Hbond substituents is 2. The fourth-order valence-electron chi connectivity index (χ4n) is 4.91. The molecule has 0 saturated heterocycles. The smallest absolute Gasteiger partial charge is 0.141 e. The van der Waals surface area contributed by atoms with Gasteiger partial charge in [0.2, 0.25) is 0 Å². The van der Waals surface area contributed by atoms with Gasteiger partial charge >= 0.3 is 0 Å². The molecule has 6 nitrogen and oxygen atoms in total. The SMILES string of the molecule is CCC(=O)[C@@H](C)C[C@@H](C)C[C@@H](C)CC[C@H](O)CC(=O)[C@H](CC(C)C)[C@H](O)c1cc(O)cc(O)c1. The molecule has 34 heavy (non-hydrogen) atoms. The number of phenols is 2. The van der Waals surface area contributed by atoms with Crippen LogP contribution in [0.3, 0.4) is 0 Å². The molecular weight excluding hydrogens is 432 g/mol. The standard InChI is InChI=1S/C28H46O6/c1-7-26(32)20(6)12-19(5)11-18(4)8-9-22(29)16-27(33)25(10-17(2)3)28(34)21-13-23(30)15-24(31)14-21/h13-15,17-20,22,25,28-31,34H,7-12,16H2,1-6H3/t18-,19-,20-,22-,25-,28+/m0/s1. The quantitative estimate of drug-likeness (QED) is 0.247. The largest absolute Gasteiger partial charge is 0.508 e. The maximum atomic E-state index is 13.0. The Morgan fingerprint density at radius 1 is 0.794 bits per heavy atom. The van der Waals surface area contributed by atoms with E-state index in [2.05, 4.69) is 13.8 Å². The van der Waals surface area contributed by atoms with Crippen LogP contribution in [0, 0.1) is 29.6 Å². The zero-order chi connectivity index (χ0) is 26.0. The predicted octanol–water partition coefficient (Wildman–Crippen LogP) is 5.56. The molecule has 0 heterocycles. The highest BCUT2D eigenvalue weighted by Crippen LogP contribution is 2.34. The van der Waals surface area contributed by atoms with Gasteiger partial charge < -0.3 is 20.4 Å². The molecule has 0 radical (unpaired) electrons. The fourth-order valence-corrected chi connectivity index (χ4v) is 4.91. The minimum atomic E-state index is -1.17. The second-order valence-corrected chi connectivity index (χ2v) is 10.8. The summed E-state index contributed by atoms with van der Waals surface area (Å²) in [4.78, 5) is 24.9. The molecule has 0 saturated carbocycles. The molecule has 0 fully saturated rings. The van der Waals surface area contributed by atoms with Crippen molar-refractivity contribution < 1.29 is 30.0 Å². The third kappa shape index (κ3) is 10.6. The Labute approximate surface area is 205 Å². The van der Waals surface area contributed by atoms with E-state index in [0.29, 0.717) is 36.9 Å². The molecule has 1 rings (SSSR count). The maximum Gasteiger partial charge on any atom is 0.141 e. The van der Waals surface area contributed by atoms with E-state index >= 15 is 0 Å². The van der Waals surface area contributed by atoms with Gasteiger partial charge in [0.1, 0.15) is 23.1 Å². The van der Waals surface area contributed by atoms with E-state index in [4.69, 9.17) is 0 Å². The molecule has 0 aliphatic heterocycles. The molecule has 6 atom stereocenters. The highest BCUT2D eigenvalue weighted by atomic mass is 16.3. The van der Waals surface area contributed by atoms with Gasteiger partial charge in [-0.1, -0.05) is 41.5 Å². The van der Waals surface area contributed by atoms with Crippen LogP contribution in [0.2, 0.25) is 0 Å². The Hall–Kier alpha value is -1.92. The fraction of sp³-hybridized carbons (Fsp3) is 0.714. The number of carbonyl (C=O) groups is 2. The average Bonchev–Trinajstić information content (AvgIpc) is 2.73. The second-order valence-electron chi connectivity index (χ2n) is 10.8. The molecule has 6 heteroatoms. The monoisotopic (exact) mass is 478 g/mol. The first kappa shape index (κ1) is 30.1. The number of rotatable bonds is 16. The van der Waals surface area contributed by atoms with Gasteiger partial charge in [0.05, 0.1) is 12.2 Å². The number of Topliss-reactive ketones (excluding diaryl/α,β-unsaturated/α-hetero) is 2. The first-order valence-corrected chi connectivity index (χ1v) is 12.8. The molecule has 194 valence electrons. The number of aliphatic hydroxyl groups is 2. The lowest BCUT2D eigenvalue weighted by Crippen LogP contribution is -2.27. The molecule has 0 unspecified atom stereocenters. The summed E-state index contributed by atoms with van der Waals surface area (Å²) in [5, 5.41) is 40.9. The summed E-state index contributed by atoms with van der Waals surface area (Å²) in [5.74, 6) is 0.00806.